The number of hydrogen-bond acceptors (Lipinski definition) is 7. The van der Waals surface area contributed by atoms with Crippen LogP contribution in [-0.2, 0) is 27.4 Å². The van der Waals surface area contributed by atoms with Gasteiger partial charge in [-0.2, -0.15) is 0 Å². The molecule has 2 aromatic heterocycles. The molecular formula is C25H25N3O5. The standard InChI is InChI=1S/C25H25N3O5/c1-2-22(29)18-12-21-24-17(11-16-5-3-4-6-20(16)26-24)13-28(21)25(31)19(18)15-33-23(30)14-27-7-9-32-10-8-27/h3-6,11-12H,2,7-10,13-15H2,1H3. The molecular weight excluding hydrogens is 422 g/mol. The van der Waals surface area contributed by atoms with Gasteiger partial charge in [0.25, 0.3) is 5.56 Å². The monoisotopic (exact) mass is 447 g/mol. The minimum Gasteiger partial charge on any atom is -0.460 e. The second-order valence-electron chi connectivity index (χ2n) is 8.33. The highest BCUT2D eigenvalue weighted by Gasteiger charge is 2.27. The Morgan fingerprint density at radius 2 is 1.94 bits per heavy atom. The minimum absolute atomic E-state index is 0.134. The van der Waals surface area contributed by atoms with Gasteiger partial charge in [0.2, 0.25) is 0 Å². The van der Waals surface area contributed by atoms with Crippen molar-refractivity contribution in [2.45, 2.75) is 26.5 Å². The molecule has 1 aromatic carbocycles. The van der Waals surface area contributed by atoms with Gasteiger partial charge in [-0.1, -0.05) is 25.1 Å². The topological polar surface area (TPSA) is 90.7 Å². The molecule has 3 aromatic rings. The summed E-state index contributed by atoms with van der Waals surface area (Å²) < 4.78 is 12.4. The molecule has 1 saturated heterocycles. The van der Waals surface area contributed by atoms with Crippen LogP contribution < -0.4 is 5.56 Å². The fourth-order valence-corrected chi connectivity index (χ4v) is 4.43. The molecule has 2 aliphatic rings. The third-order valence-electron chi connectivity index (χ3n) is 6.23. The quantitative estimate of drug-likeness (QED) is 0.331. The Bertz CT molecular complexity index is 1310. The van der Waals surface area contributed by atoms with E-state index in [2.05, 4.69) is 0 Å². The zero-order valence-corrected chi connectivity index (χ0v) is 18.5. The van der Waals surface area contributed by atoms with E-state index in [1.807, 2.05) is 35.2 Å². The SMILES string of the molecule is CCC(=O)c1cc2n(c(=O)c1COC(=O)CN1CCOCC1)Cc1cc3ccccc3nc1-2. The molecule has 0 bridgehead atoms. The summed E-state index contributed by atoms with van der Waals surface area (Å²) >= 11 is 0. The lowest BCUT2D eigenvalue weighted by Crippen LogP contribution is -2.40. The molecule has 0 spiro atoms. The van der Waals surface area contributed by atoms with Crippen molar-refractivity contribution in [2.75, 3.05) is 32.8 Å². The Morgan fingerprint density at radius 1 is 1.15 bits per heavy atom. The number of rotatable bonds is 6. The number of nitrogens with zero attached hydrogens (tertiary/aromatic N) is 3. The van der Waals surface area contributed by atoms with E-state index >= 15 is 0 Å². The minimum atomic E-state index is -0.423. The molecule has 170 valence electrons. The Balaban J connectivity index is 1.47. The molecule has 0 amide bonds. The predicted molar refractivity (Wildman–Crippen MR) is 122 cm³/mol. The van der Waals surface area contributed by atoms with Gasteiger partial charge in [0.05, 0.1) is 48.8 Å². The van der Waals surface area contributed by atoms with Crippen molar-refractivity contribution in [3.05, 3.63) is 63.4 Å². The largest absolute Gasteiger partial charge is 0.460 e. The summed E-state index contributed by atoms with van der Waals surface area (Å²) in [7, 11) is 0. The van der Waals surface area contributed by atoms with Crippen LogP contribution in [0.1, 0.15) is 34.8 Å². The van der Waals surface area contributed by atoms with Crippen molar-refractivity contribution in [2.24, 2.45) is 0 Å². The molecule has 0 atom stereocenters. The molecule has 8 nitrogen and oxygen atoms in total. The number of benzene rings is 1. The van der Waals surface area contributed by atoms with Gasteiger partial charge < -0.3 is 14.0 Å². The third kappa shape index (κ3) is 4.07. The van der Waals surface area contributed by atoms with Crippen LogP contribution >= 0.6 is 0 Å². The van der Waals surface area contributed by atoms with Crippen molar-refractivity contribution in [1.82, 2.24) is 14.5 Å². The van der Waals surface area contributed by atoms with E-state index in [4.69, 9.17) is 14.5 Å². The Kier molecular flexibility index (Phi) is 5.78. The first kappa shape index (κ1) is 21.5. The second-order valence-corrected chi connectivity index (χ2v) is 8.33. The highest BCUT2D eigenvalue weighted by molar-refractivity contribution is 5.98. The van der Waals surface area contributed by atoms with Crippen LogP contribution in [0, 0.1) is 0 Å². The molecule has 1 fully saturated rings. The molecule has 5 rings (SSSR count). The van der Waals surface area contributed by atoms with Crippen molar-refractivity contribution < 1.29 is 19.1 Å². The summed E-state index contributed by atoms with van der Waals surface area (Å²) in [6, 6.07) is 11.5. The number of ether oxygens (including phenoxy) is 2. The van der Waals surface area contributed by atoms with Crippen LogP contribution in [0.2, 0.25) is 0 Å². The van der Waals surface area contributed by atoms with E-state index in [0.29, 0.717) is 49.8 Å². The van der Waals surface area contributed by atoms with E-state index in [1.54, 1.807) is 17.6 Å². The summed E-state index contributed by atoms with van der Waals surface area (Å²) in [5, 5.41) is 0.999. The number of ketones is 1. The number of aromatic nitrogens is 2. The van der Waals surface area contributed by atoms with Gasteiger partial charge in [-0.05, 0) is 18.2 Å². The summed E-state index contributed by atoms with van der Waals surface area (Å²) in [4.78, 5) is 45.3. The molecule has 4 heterocycles. The van der Waals surface area contributed by atoms with Crippen LogP contribution in [0.15, 0.2) is 41.2 Å². The number of carbonyl (C=O) groups is 2. The van der Waals surface area contributed by atoms with E-state index in [-0.39, 0.29) is 36.5 Å². The molecule has 0 aliphatic carbocycles. The highest BCUT2D eigenvalue weighted by Crippen LogP contribution is 2.32. The molecule has 33 heavy (non-hydrogen) atoms. The van der Waals surface area contributed by atoms with Crippen LogP contribution in [0.3, 0.4) is 0 Å². The first-order valence-electron chi connectivity index (χ1n) is 11.2. The normalized spacial score (nSPS) is 15.3. The number of pyridine rings is 2. The van der Waals surface area contributed by atoms with Gasteiger partial charge in [0.1, 0.15) is 6.61 Å². The van der Waals surface area contributed by atoms with Crippen LogP contribution in [0.5, 0.6) is 0 Å². The van der Waals surface area contributed by atoms with Gasteiger partial charge in [-0.3, -0.25) is 19.3 Å². The number of carbonyl (C=O) groups excluding carboxylic acids is 2. The maximum Gasteiger partial charge on any atom is 0.320 e. The zero-order chi connectivity index (χ0) is 22.9. The molecule has 2 aliphatic heterocycles. The molecule has 0 radical (unpaired) electrons. The average Bonchev–Trinajstić information content (AvgIpc) is 3.19. The molecule has 0 unspecified atom stereocenters. The van der Waals surface area contributed by atoms with E-state index in [9.17, 15) is 14.4 Å². The third-order valence-corrected chi connectivity index (χ3v) is 6.23. The van der Waals surface area contributed by atoms with Crippen LogP contribution in [0.25, 0.3) is 22.3 Å². The van der Waals surface area contributed by atoms with Gasteiger partial charge in [0.15, 0.2) is 5.78 Å². The number of Topliss-reactive ketones (excluding diaryl/α,β-unsaturated/α-hetero) is 1. The first-order valence-corrected chi connectivity index (χ1v) is 11.2. The van der Waals surface area contributed by atoms with Gasteiger partial charge in [-0.15, -0.1) is 0 Å². The lowest BCUT2D eigenvalue weighted by Gasteiger charge is -2.25. The number of morpholine rings is 1. The van der Waals surface area contributed by atoms with E-state index < -0.39 is 5.97 Å². The first-order chi connectivity index (χ1) is 16.0. The maximum atomic E-state index is 13.4. The van der Waals surface area contributed by atoms with Crippen molar-refractivity contribution in [1.29, 1.82) is 0 Å². The summed E-state index contributed by atoms with van der Waals surface area (Å²) in [6.45, 7) is 4.52. The Morgan fingerprint density at radius 3 is 2.73 bits per heavy atom. The van der Waals surface area contributed by atoms with Gasteiger partial charge in [0, 0.05) is 36.0 Å². The molecule has 8 heteroatoms. The van der Waals surface area contributed by atoms with E-state index in [1.165, 1.54) is 0 Å². The highest BCUT2D eigenvalue weighted by atomic mass is 16.5. The Labute approximate surface area is 190 Å². The van der Waals surface area contributed by atoms with E-state index in [0.717, 1.165) is 16.5 Å². The predicted octanol–water partition coefficient (Wildman–Crippen LogP) is 2.39. The van der Waals surface area contributed by atoms with Crippen molar-refractivity contribution in [3.8, 4) is 11.4 Å². The maximum absolute atomic E-state index is 13.4. The number of esters is 1. The van der Waals surface area contributed by atoms with Crippen molar-refractivity contribution >= 4 is 22.7 Å². The Hall–Kier alpha value is -3.36. The molecule has 0 N–H and O–H groups in total. The lowest BCUT2D eigenvalue weighted by atomic mass is 10.0. The second kappa shape index (κ2) is 8.88. The molecule has 0 saturated carbocycles. The average molecular weight is 447 g/mol. The van der Waals surface area contributed by atoms with Crippen LogP contribution in [0.4, 0.5) is 0 Å². The summed E-state index contributed by atoms with van der Waals surface area (Å²) in [6.07, 6.45) is 0.246. The number of hydrogen-bond donors (Lipinski definition) is 0. The summed E-state index contributed by atoms with van der Waals surface area (Å²) in [5.41, 5.74) is 3.32. The van der Waals surface area contributed by atoms with Gasteiger partial charge in [-0.25, -0.2) is 4.98 Å². The number of para-hydroxylation sites is 1. The number of fused-ring (bicyclic) bond motifs is 4. The van der Waals surface area contributed by atoms with Crippen molar-refractivity contribution in [3.63, 3.8) is 0 Å². The van der Waals surface area contributed by atoms with Crippen LogP contribution in [-0.4, -0.2) is 59.1 Å². The summed E-state index contributed by atoms with van der Waals surface area (Å²) in [5.74, 6) is -0.586. The lowest BCUT2D eigenvalue weighted by molar-refractivity contribution is -0.147. The fourth-order valence-electron chi connectivity index (χ4n) is 4.43. The fraction of sp³-hybridized carbons (Fsp3) is 0.360. The zero-order valence-electron chi connectivity index (χ0n) is 18.5. The smallest absolute Gasteiger partial charge is 0.320 e. The van der Waals surface area contributed by atoms with Gasteiger partial charge >= 0.3 is 5.97 Å².